The van der Waals surface area contributed by atoms with Crippen LogP contribution in [-0.2, 0) is 10.3 Å². The van der Waals surface area contributed by atoms with Gasteiger partial charge in [0.2, 0.25) is 11.3 Å². The molecule has 4 aromatic rings. The lowest BCUT2D eigenvalue weighted by molar-refractivity contribution is -0.0312. The third-order valence-corrected chi connectivity index (χ3v) is 6.16. The molecule has 144 valence electrons. The minimum absolute atomic E-state index is 0.199. The largest absolute Gasteiger partial charge is 0.451 e. The van der Waals surface area contributed by atoms with E-state index in [1.165, 1.54) is 0 Å². The van der Waals surface area contributed by atoms with Gasteiger partial charge in [-0.25, -0.2) is 9.78 Å². The third kappa shape index (κ3) is 2.50. The Balaban J connectivity index is 1.24. The Bertz CT molecular complexity index is 1190. The summed E-state index contributed by atoms with van der Waals surface area (Å²) in [5, 5.41) is 9.03. The molecule has 0 bridgehead atoms. The molecule has 0 amide bonds. The van der Waals surface area contributed by atoms with Gasteiger partial charge in [-0.3, -0.25) is 0 Å². The number of nitrogens with zero attached hydrogens (tertiary/aromatic N) is 4. The van der Waals surface area contributed by atoms with E-state index in [2.05, 4.69) is 15.2 Å². The van der Waals surface area contributed by atoms with Crippen molar-refractivity contribution in [3.05, 3.63) is 71.5 Å². The first-order valence-corrected chi connectivity index (χ1v) is 9.93. The van der Waals surface area contributed by atoms with Crippen LogP contribution >= 0.6 is 0 Å². The molecule has 3 heterocycles. The average Bonchev–Trinajstić information content (AvgIpc) is 3.41. The Morgan fingerprint density at radius 2 is 1.76 bits per heavy atom. The zero-order valence-electron chi connectivity index (χ0n) is 15.7. The van der Waals surface area contributed by atoms with Crippen molar-refractivity contribution >= 4 is 17.3 Å². The summed E-state index contributed by atoms with van der Waals surface area (Å²) in [6.45, 7) is 0. The van der Waals surface area contributed by atoms with Gasteiger partial charge in [-0.15, -0.1) is 15.0 Å². The van der Waals surface area contributed by atoms with Crippen molar-refractivity contribution in [1.29, 1.82) is 0 Å². The van der Waals surface area contributed by atoms with E-state index in [9.17, 15) is 4.79 Å². The first-order chi connectivity index (χ1) is 14.2. The third-order valence-electron chi connectivity index (χ3n) is 6.16. The van der Waals surface area contributed by atoms with Gasteiger partial charge >= 0.3 is 5.97 Å². The molecule has 29 heavy (non-hydrogen) atoms. The minimum atomic E-state index is -0.474. The van der Waals surface area contributed by atoms with E-state index in [1.807, 2.05) is 54.6 Å². The van der Waals surface area contributed by atoms with E-state index >= 15 is 0 Å². The maximum atomic E-state index is 12.3. The summed E-state index contributed by atoms with van der Waals surface area (Å²) in [6, 6.07) is 17.5. The highest BCUT2D eigenvalue weighted by molar-refractivity contribution is 5.94. The molecule has 1 N–H and O–H groups in total. The fourth-order valence-electron chi connectivity index (χ4n) is 4.66. The molecular weight excluding hydrogens is 366 g/mol. The van der Waals surface area contributed by atoms with Gasteiger partial charge in [-0.2, -0.15) is 0 Å². The van der Waals surface area contributed by atoms with E-state index in [0.29, 0.717) is 16.9 Å². The number of rotatable bonds is 2. The number of H-pyrrole nitrogens is 1. The number of aromatic nitrogens is 5. The second kappa shape index (κ2) is 6.01. The zero-order chi connectivity index (χ0) is 19.4. The van der Waals surface area contributed by atoms with Gasteiger partial charge in [0.1, 0.15) is 11.4 Å². The molecule has 2 aromatic carbocycles. The maximum absolute atomic E-state index is 12.3. The van der Waals surface area contributed by atoms with Crippen LogP contribution in [-0.4, -0.2) is 30.9 Å². The van der Waals surface area contributed by atoms with Crippen molar-refractivity contribution in [2.75, 3.05) is 0 Å². The SMILES string of the molecule is O=C1O[C@]2(CC[C@H](c3nc4nn(-c5ccccc5)nc4[nH]3)CC2)c2ccccc21. The number of benzene rings is 2. The lowest BCUT2D eigenvalue weighted by Crippen LogP contribution is -2.31. The Labute approximate surface area is 166 Å². The summed E-state index contributed by atoms with van der Waals surface area (Å²) in [7, 11) is 0. The second-order valence-electron chi connectivity index (χ2n) is 7.82. The van der Waals surface area contributed by atoms with Crippen LogP contribution in [0.5, 0.6) is 0 Å². The molecule has 1 saturated carbocycles. The van der Waals surface area contributed by atoms with Crippen molar-refractivity contribution in [1.82, 2.24) is 25.0 Å². The summed E-state index contributed by atoms with van der Waals surface area (Å²) in [5.41, 5.74) is 3.50. The average molecular weight is 385 g/mol. The van der Waals surface area contributed by atoms with E-state index < -0.39 is 5.60 Å². The molecule has 0 radical (unpaired) electrons. The van der Waals surface area contributed by atoms with Crippen molar-refractivity contribution in [3.8, 4) is 5.69 Å². The molecule has 2 aliphatic rings. The maximum Gasteiger partial charge on any atom is 0.339 e. The van der Waals surface area contributed by atoms with Crippen molar-refractivity contribution in [2.45, 2.75) is 37.2 Å². The highest BCUT2D eigenvalue weighted by Crippen LogP contribution is 2.49. The van der Waals surface area contributed by atoms with Crippen LogP contribution in [0.3, 0.4) is 0 Å². The zero-order valence-corrected chi connectivity index (χ0v) is 15.7. The normalized spacial score (nSPS) is 23.4. The molecule has 0 unspecified atom stereocenters. The van der Waals surface area contributed by atoms with Crippen molar-refractivity contribution < 1.29 is 9.53 Å². The molecule has 1 aliphatic carbocycles. The monoisotopic (exact) mass is 385 g/mol. The van der Waals surface area contributed by atoms with E-state index in [-0.39, 0.29) is 11.9 Å². The van der Waals surface area contributed by atoms with Gasteiger partial charge in [0, 0.05) is 11.5 Å². The van der Waals surface area contributed by atoms with Crippen molar-refractivity contribution in [3.63, 3.8) is 0 Å². The molecule has 1 spiro atoms. The summed E-state index contributed by atoms with van der Waals surface area (Å²) in [5.74, 6) is 1.01. The number of esters is 1. The highest BCUT2D eigenvalue weighted by atomic mass is 16.6. The predicted molar refractivity (Wildman–Crippen MR) is 106 cm³/mol. The second-order valence-corrected chi connectivity index (χ2v) is 7.82. The van der Waals surface area contributed by atoms with E-state index in [0.717, 1.165) is 42.8 Å². The Hall–Kier alpha value is -3.48. The molecule has 1 fully saturated rings. The number of fused-ring (bicyclic) bond motifs is 3. The molecule has 7 heteroatoms. The van der Waals surface area contributed by atoms with Crippen LogP contribution in [0.25, 0.3) is 17.0 Å². The molecule has 7 nitrogen and oxygen atoms in total. The molecule has 6 rings (SSSR count). The molecular formula is C22H19N5O2. The van der Waals surface area contributed by atoms with Gasteiger partial charge in [0.15, 0.2) is 0 Å². The smallest absolute Gasteiger partial charge is 0.339 e. The lowest BCUT2D eigenvalue weighted by Gasteiger charge is -2.35. The van der Waals surface area contributed by atoms with Crippen LogP contribution in [0.15, 0.2) is 54.6 Å². The first-order valence-electron chi connectivity index (χ1n) is 9.93. The summed E-state index contributed by atoms with van der Waals surface area (Å²) in [4.78, 5) is 21.9. The highest BCUT2D eigenvalue weighted by Gasteiger charge is 2.47. The van der Waals surface area contributed by atoms with Crippen LogP contribution in [0.4, 0.5) is 0 Å². The van der Waals surface area contributed by atoms with Gasteiger partial charge < -0.3 is 9.72 Å². The van der Waals surface area contributed by atoms with Gasteiger partial charge in [-0.05, 0) is 43.9 Å². The van der Waals surface area contributed by atoms with Crippen LogP contribution in [0.1, 0.15) is 53.3 Å². The standard InChI is InChI=1S/C22H19N5O2/c28-21-16-8-4-5-9-17(16)22(29-21)12-10-14(11-13-22)18-23-19-20(24-18)26-27(25-19)15-6-2-1-3-7-15/h1-9,14H,10-13H2,(H,23,24,25,26)/t14-,22-. The summed E-state index contributed by atoms with van der Waals surface area (Å²) in [6.07, 6.45) is 3.40. The number of carbonyl (C=O) groups is 1. The first kappa shape index (κ1) is 16.5. The number of hydrogen-bond acceptors (Lipinski definition) is 5. The Morgan fingerprint density at radius 1 is 1.00 bits per heavy atom. The number of hydrogen-bond donors (Lipinski definition) is 1. The summed E-state index contributed by atoms with van der Waals surface area (Å²) >= 11 is 0. The minimum Gasteiger partial charge on any atom is -0.451 e. The fourth-order valence-corrected chi connectivity index (χ4v) is 4.66. The number of para-hydroxylation sites is 1. The quantitative estimate of drug-likeness (QED) is 0.530. The van der Waals surface area contributed by atoms with E-state index in [1.54, 1.807) is 4.80 Å². The number of carbonyl (C=O) groups excluding carboxylic acids is 1. The van der Waals surface area contributed by atoms with Crippen LogP contribution in [0, 0.1) is 0 Å². The lowest BCUT2D eigenvalue weighted by atomic mass is 9.75. The van der Waals surface area contributed by atoms with Gasteiger partial charge in [0.25, 0.3) is 0 Å². The molecule has 2 aromatic heterocycles. The molecule has 0 saturated heterocycles. The van der Waals surface area contributed by atoms with E-state index in [4.69, 9.17) is 9.72 Å². The number of aromatic amines is 1. The Kier molecular flexibility index (Phi) is 3.41. The van der Waals surface area contributed by atoms with Gasteiger partial charge in [-0.1, -0.05) is 36.4 Å². The molecule has 0 atom stereocenters. The number of imidazole rings is 1. The van der Waals surface area contributed by atoms with Gasteiger partial charge in [0.05, 0.1) is 11.3 Å². The van der Waals surface area contributed by atoms with Crippen molar-refractivity contribution in [2.24, 2.45) is 0 Å². The van der Waals surface area contributed by atoms with Crippen LogP contribution < -0.4 is 0 Å². The summed E-state index contributed by atoms with van der Waals surface area (Å²) < 4.78 is 5.86. The topological polar surface area (TPSA) is 85.7 Å². The van der Waals surface area contributed by atoms with Crippen LogP contribution in [0.2, 0.25) is 0 Å². The number of ether oxygens (including phenoxy) is 1. The molecule has 1 aliphatic heterocycles. The fraction of sp³-hybridized carbons (Fsp3) is 0.273. The Morgan fingerprint density at radius 3 is 2.55 bits per heavy atom. The predicted octanol–water partition coefficient (Wildman–Crippen LogP) is 3.87. The number of nitrogens with one attached hydrogen (secondary N) is 1.